The second kappa shape index (κ2) is 7.13. The summed E-state index contributed by atoms with van der Waals surface area (Å²) in [5, 5.41) is 5.68. The molecular formula is C17H23N3O4S. The fourth-order valence-electron chi connectivity index (χ4n) is 3.61. The normalized spacial score (nSPS) is 23.0. The van der Waals surface area contributed by atoms with E-state index in [4.69, 9.17) is 0 Å². The quantitative estimate of drug-likeness (QED) is 0.703. The zero-order valence-corrected chi connectivity index (χ0v) is 15.0. The molecule has 1 aromatic rings. The van der Waals surface area contributed by atoms with E-state index in [0.717, 1.165) is 31.1 Å². The predicted octanol–water partition coefficient (Wildman–Crippen LogP) is 0.420. The molecule has 8 heteroatoms. The van der Waals surface area contributed by atoms with Crippen LogP contribution in [0, 0.1) is 5.92 Å². The van der Waals surface area contributed by atoms with Gasteiger partial charge in [0.1, 0.15) is 0 Å². The number of sulfonamides is 1. The van der Waals surface area contributed by atoms with Crippen molar-refractivity contribution in [1.29, 1.82) is 0 Å². The first kappa shape index (κ1) is 17.9. The van der Waals surface area contributed by atoms with Crippen LogP contribution in [0.4, 0.5) is 0 Å². The lowest BCUT2D eigenvalue weighted by Crippen LogP contribution is -2.41. The van der Waals surface area contributed by atoms with Gasteiger partial charge >= 0.3 is 0 Å². The number of rotatable bonds is 5. The average molecular weight is 365 g/mol. The van der Waals surface area contributed by atoms with E-state index in [1.807, 2.05) is 0 Å². The first-order chi connectivity index (χ1) is 11.8. The van der Waals surface area contributed by atoms with Crippen molar-refractivity contribution in [2.75, 3.05) is 19.3 Å². The Balaban J connectivity index is 1.62. The Bertz CT molecular complexity index is 791. The number of carbonyl (C=O) groups excluding carboxylic acids is 2. The molecule has 1 heterocycles. The lowest BCUT2D eigenvalue weighted by Gasteiger charge is -2.21. The minimum Gasteiger partial charge on any atom is -0.352 e. The molecule has 2 amide bonds. The Kier molecular flexibility index (Phi) is 5.10. The van der Waals surface area contributed by atoms with Crippen molar-refractivity contribution in [3.05, 3.63) is 34.9 Å². The van der Waals surface area contributed by atoms with Crippen LogP contribution < -0.4 is 15.4 Å². The van der Waals surface area contributed by atoms with Gasteiger partial charge in [-0.25, -0.2) is 13.1 Å². The van der Waals surface area contributed by atoms with E-state index in [-0.39, 0.29) is 23.8 Å². The summed E-state index contributed by atoms with van der Waals surface area (Å²) in [4.78, 5) is 24.2. The lowest BCUT2D eigenvalue weighted by atomic mass is 9.97. The van der Waals surface area contributed by atoms with Crippen LogP contribution in [0.3, 0.4) is 0 Å². The highest BCUT2D eigenvalue weighted by molar-refractivity contribution is 7.88. The number of fused-ring (bicyclic) bond motifs is 1. The summed E-state index contributed by atoms with van der Waals surface area (Å²) >= 11 is 0. The summed E-state index contributed by atoms with van der Waals surface area (Å²) in [7, 11) is -3.25. The van der Waals surface area contributed by atoms with E-state index in [1.165, 1.54) is 0 Å². The van der Waals surface area contributed by atoms with Crippen LogP contribution in [0.1, 0.15) is 45.5 Å². The standard InChI is InChI=1S/C17H23N3O4S/c1-25(23,24)20-15-4-2-3-13(15)10-19-16(21)12-5-6-14-11(9-12)7-8-18-17(14)22/h5-6,9,13,15,20H,2-4,7-8,10H2,1H3,(H,18,22)(H,19,21). The molecule has 2 aliphatic rings. The molecule has 136 valence electrons. The van der Waals surface area contributed by atoms with Gasteiger partial charge in [-0.15, -0.1) is 0 Å². The molecule has 3 N–H and O–H groups in total. The van der Waals surface area contributed by atoms with Crippen LogP contribution >= 0.6 is 0 Å². The van der Waals surface area contributed by atoms with Crippen molar-refractivity contribution in [3.63, 3.8) is 0 Å². The third-order valence-corrected chi connectivity index (χ3v) is 5.57. The van der Waals surface area contributed by atoms with Gasteiger partial charge in [0.25, 0.3) is 11.8 Å². The summed E-state index contributed by atoms with van der Waals surface area (Å²) in [5.41, 5.74) is 2.03. The molecule has 0 saturated heterocycles. The summed E-state index contributed by atoms with van der Waals surface area (Å²) in [6, 6.07) is 4.98. The van der Waals surface area contributed by atoms with Gasteiger partial charge in [0, 0.05) is 30.3 Å². The number of amides is 2. The van der Waals surface area contributed by atoms with E-state index in [9.17, 15) is 18.0 Å². The topological polar surface area (TPSA) is 104 Å². The molecule has 3 rings (SSSR count). The average Bonchev–Trinajstić information content (AvgIpc) is 2.97. The molecule has 1 saturated carbocycles. The number of hydrogen-bond donors (Lipinski definition) is 3. The SMILES string of the molecule is CS(=O)(=O)NC1CCCC1CNC(=O)c1ccc2c(c1)CCNC2=O. The third-order valence-electron chi connectivity index (χ3n) is 4.84. The second-order valence-corrected chi connectivity index (χ2v) is 8.56. The van der Waals surface area contributed by atoms with Crippen LogP contribution in [0.2, 0.25) is 0 Å². The minimum absolute atomic E-state index is 0.0991. The van der Waals surface area contributed by atoms with Gasteiger partial charge in [-0.2, -0.15) is 0 Å². The van der Waals surface area contributed by atoms with Crippen molar-refractivity contribution in [2.45, 2.75) is 31.7 Å². The lowest BCUT2D eigenvalue weighted by molar-refractivity contribution is 0.0932. The highest BCUT2D eigenvalue weighted by Gasteiger charge is 2.29. The minimum atomic E-state index is -3.25. The highest BCUT2D eigenvalue weighted by atomic mass is 32.2. The number of carbonyl (C=O) groups is 2. The molecule has 25 heavy (non-hydrogen) atoms. The fourth-order valence-corrected chi connectivity index (χ4v) is 4.47. The first-order valence-electron chi connectivity index (χ1n) is 8.50. The summed E-state index contributed by atoms with van der Waals surface area (Å²) in [6.45, 7) is 1.02. The molecule has 0 aromatic heterocycles. The molecule has 1 aromatic carbocycles. The molecule has 0 spiro atoms. The molecule has 2 unspecified atom stereocenters. The number of nitrogens with one attached hydrogen (secondary N) is 3. The van der Waals surface area contributed by atoms with Gasteiger partial charge in [-0.1, -0.05) is 6.42 Å². The third kappa shape index (κ3) is 4.38. The molecule has 0 radical (unpaired) electrons. The maximum absolute atomic E-state index is 12.4. The molecule has 0 bridgehead atoms. The maximum Gasteiger partial charge on any atom is 0.251 e. The van der Waals surface area contributed by atoms with Crippen LogP contribution in [-0.2, 0) is 16.4 Å². The van der Waals surface area contributed by atoms with Gasteiger partial charge < -0.3 is 10.6 Å². The zero-order valence-electron chi connectivity index (χ0n) is 14.2. The van der Waals surface area contributed by atoms with E-state index in [2.05, 4.69) is 15.4 Å². The predicted molar refractivity (Wildman–Crippen MR) is 93.9 cm³/mol. The van der Waals surface area contributed by atoms with Gasteiger partial charge in [-0.05, 0) is 48.9 Å². The maximum atomic E-state index is 12.4. The van der Waals surface area contributed by atoms with Crippen molar-refractivity contribution in [2.24, 2.45) is 5.92 Å². The monoisotopic (exact) mass is 365 g/mol. The first-order valence-corrected chi connectivity index (χ1v) is 10.4. The molecule has 1 aliphatic carbocycles. The number of benzene rings is 1. The van der Waals surface area contributed by atoms with Gasteiger partial charge in [0.15, 0.2) is 0 Å². The zero-order chi connectivity index (χ0) is 18.0. The molecule has 7 nitrogen and oxygen atoms in total. The van der Waals surface area contributed by atoms with Gasteiger partial charge in [0.05, 0.1) is 6.26 Å². The second-order valence-electron chi connectivity index (χ2n) is 6.78. The Hall–Kier alpha value is -1.93. The Morgan fingerprint density at radius 2 is 2.12 bits per heavy atom. The molecular weight excluding hydrogens is 342 g/mol. The highest BCUT2D eigenvalue weighted by Crippen LogP contribution is 2.25. The smallest absolute Gasteiger partial charge is 0.251 e. The van der Waals surface area contributed by atoms with Gasteiger partial charge in [-0.3, -0.25) is 9.59 Å². The molecule has 2 atom stereocenters. The summed E-state index contributed by atoms with van der Waals surface area (Å²) < 4.78 is 25.5. The Morgan fingerprint density at radius 3 is 2.88 bits per heavy atom. The van der Waals surface area contributed by atoms with Crippen molar-refractivity contribution < 1.29 is 18.0 Å². The van der Waals surface area contributed by atoms with Gasteiger partial charge in [0.2, 0.25) is 10.0 Å². The van der Waals surface area contributed by atoms with Crippen LogP contribution in [0.25, 0.3) is 0 Å². The number of hydrogen-bond acceptors (Lipinski definition) is 4. The van der Waals surface area contributed by atoms with E-state index < -0.39 is 10.0 Å². The summed E-state index contributed by atoms with van der Waals surface area (Å²) in [5.74, 6) is -0.199. The summed E-state index contributed by atoms with van der Waals surface area (Å²) in [6.07, 6.45) is 4.50. The van der Waals surface area contributed by atoms with E-state index in [1.54, 1.807) is 18.2 Å². The largest absolute Gasteiger partial charge is 0.352 e. The van der Waals surface area contributed by atoms with Crippen molar-refractivity contribution in [1.82, 2.24) is 15.4 Å². The van der Waals surface area contributed by atoms with E-state index in [0.29, 0.717) is 30.6 Å². The fraction of sp³-hybridized carbons (Fsp3) is 0.529. The molecule has 1 fully saturated rings. The Morgan fingerprint density at radius 1 is 1.32 bits per heavy atom. The van der Waals surface area contributed by atoms with E-state index >= 15 is 0 Å². The van der Waals surface area contributed by atoms with Crippen molar-refractivity contribution in [3.8, 4) is 0 Å². The van der Waals surface area contributed by atoms with Crippen LogP contribution in [-0.4, -0.2) is 45.6 Å². The van der Waals surface area contributed by atoms with Crippen LogP contribution in [0.15, 0.2) is 18.2 Å². The Labute approximate surface area is 147 Å². The molecule has 1 aliphatic heterocycles. The van der Waals surface area contributed by atoms with Crippen LogP contribution in [0.5, 0.6) is 0 Å². The van der Waals surface area contributed by atoms with Crippen molar-refractivity contribution >= 4 is 21.8 Å².